The highest BCUT2D eigenvalue weighted by molar-refractivity contribution is 7.87. The van der Waals surface area contributed by atoms with Crippen molar-refractivity contribution in [2.24, 2.45) is 5.92 Å². The summed E-state index contributed by atoms with van der Waals surface area (Å²) in [6.45, 7) is 2.12. The molecule has 0 saturated carbocycles. The Morgan fingerprint density at radius 2 is 2.42 bits per heavy atom. The zero-order chi connectivity index (χ0) is 13.7. The fraction of sp³-hybridized carbons (Fsp3) is 0.667. The molecule has 1 aliphatic rings. The molecular formula is C12H20N2O3S2. The van der Waals surface area contributed by atoms with Crippen LogP contribution in [0, 0.1) is 5.92 Å². The fourth-order valence-electron chi connectivity index (χ4n) is 2.28. The van der Waals surface area contributed by atoms with Crippen LogP contribution in [0.5, 0.6) is 0 Å². The minimum Gasteiger partial charge on any atom is -0.384 e. The average Bonchev–Trinajstić information content (AvgIpc) is 2.90. The van der Waals surface area contributed by atoms with Crippen molar-refractivity contribution in [1.82, 2.24) is 9.03 Å². The molecule has 0 aliphatic carbocycles. The van der Waals surface area contributed by atoms with Crippen LogP contribution in [0.3, 0.4) is 0 Å². The van der Waals surface area contributed by atoms with E-state index in [1.807, 2.05) is 16.8 Å². The molecule has 1 fully saturated rings. The number of methoxy groups -OCH3 is 1. The van der Waals surface area contributed by atoms with Gasteiger partial charge in [-0.2, -0.15) is 28.8 Å². The van der Waals surface area contributed by atoms with Gasteiger partial charge in [-0.15, -0.1) is 0 Å². The van der Waals surface area contributed by atoms with E-state index in [4.69, 9.17) is 4.74 Å². The average molecular weight is 304 g/mol. The van der Waals surface area contributed by atoms with Gasteiger partial charge in [-0.1, -0.05) is 0 Å². The summed E-state index contributed by atoms with van der Waals surface area (Å²) in [5.41, 5.74) is 0.999. The minimum atomic E-state index is -3.38. The van der Waals surface area contributed by atoms with Gasteiger partial charge in [0.15, 0.2) is 0 Å². The molecule has 1 unspecified atom stereocenters. The van der Waals surface area contributed by atoms with E-state index >= 15 is 0 Å². The molecule has 0 amide bonds. The number of nitrogens with zero attached hydrogens (tertiary/aromatic N) is 1. The van der Waals surface area contributed by atoms with Gasteiger partial charge in [0.2, 0.25) is 0 Å². The Kier molecular flexibility index (Phi) is 5.35. The Morgan fingerprint density at radius 1 is 1.58 bits per heavy atom. The van der Waals surface area contributed by atoms with Crippen molar-refractivity contribution in [2.45, 2.75) is 19.4 Å². The molecule has 2 rings (SSSR count). The van der Waals surface area contributed by atoms with E-state index in [1.165, 1.54) is 4.31 Å². The molecule has 0 bridgehead atoms. The first kappa shape index (κ1) is 14.9. The second-order valence-electron chi connectivity index (χ2n) is 4.78. The van der Waals surface area contributed by atoms with E-state index in [0.29, 0.717) is 32.2 Å². The van der Waals surface area contributed by atoms with Crippen LogP contribution in [0.25, 0.3) is 0 Å². The van der Waals surface area contributed by atoms with E-state index in [0.717, 1.165) is 18.4 Å². The Hall–Kier alpha value is -0.470. The fourth-order valence-corrected chi connectivity index (χ4v) is 4.25. The van der Waals surface area contributed by atoms with E-state index in [9.17, 15) is 8.42 Å². The van der Waals surface area contributed by atoms with Crippen molar-refractivity contribution in [3.05, 3.63) is 22.4 Å². The molecule has 1 aromatic heterocycles. The molecule has 1 aromatic rings. The van der Waals surface area contributed by atoms with E-state index in [2.05, 4.69) is 4.72 Å². The van der Waals surface area contributed by atoms with Crippen LogP contribution in [-0.2, 0) is 21.5 Å². The predicted octanol–water partition coefficient (Wildman–Crippen LogP) is 1.44. The third kappa shape index (κ3) is 4.25. The highest BCUT2D eigenvalue weighted by atomic mass is 32.2. The zero-order valence-corrected chi connectivity index (χ0v) is 12.7. The largest absolute Gasteiger partial charge is 0.384 e. The molecule has 108 valence electrons. The van der Waals surface area contributed by atoms with Gasteiger partial charge >= 0.3 is 0 Å². The molecule has 0 radical (unpaired) electrons. The summed E-state index contributed by atoms with van der Waals surface area (Å²) in [6, 6.07) is 1.93. The Morgan fingerprint density at radius 3 is 3.11 bits per heavy atom. The van der Waals surface area contributed by atoms with Crippen molar-refractivity contribution < 1.29 is 13.2 Å². The molecule has 2 heterocycles. The highest BCUT2D eigenvalue weighted by Crippen LogP contribution is 2.19. The summed E-state index contributed by atoms with van der Waals surface area (Å²) in [5.74, 6) is 0.302. The van der Waals surface area contributed by atoms with Gasteiger partial charge in [0.1, 0.15) is 0 Å². The zero-order valence-electron chi connectivity index (χ0n) is 11.0. The molecule has 0 aromatic carbocycles. The quantitative estimate of drug-likeness (QED) is 0.865. The third-order valence-corrected chi connectivity index (χ3v) is 5.52. The first-order valence-electron chi connectivity index (χ1n) is 6.36. The number of thiophene rings is 1. The molecule has 0 spiro atoms. The van der Waals surface area contributed by atoms with Gasteiger partial charge < -0.3 is 4.74 Å². The number of ether oxygens (including phenoxy) is 1. The van der Waals surface area contributed by atoms with Crippen molar-refractivity contribution in [1.29, 1.82) is 0 Å². The molecule has 1 N–H and O–H groups in total. The molecule has 1 saturated heterocycles. The van der Waals surface area contributed by atoms with Gasteiger partial charge in [-0.25, -0.2) is 0 Å². The lowest BCUT2D eigenvalue weighted by Crippen LogP contribution is -2.46. The maximum atomic E-state index is 12.2. The lowest BCUT2D eigenvalue weighted by Gasteiger charge is -2.31. The van der Waals surface area contributed by atoms with Crippen molar-refractivity contribution in [2.75, 3.05) is 26.8 Å². The van der Waals surface area contributed by atoms with E-state index in [-0.39, 0.29) is 0 Å². The summed E-state index contributed by atoms with van der Waals surface area (Å²) >= 11 is 1.57. The Labute approximate surface area is 118 Å². The summed E-state index contributed by atoms with van der Waals surface area (Å²) in [6.07, 6.45) is 1.93. The van der Waals surface area contributed by atoms with Crippen LogP contribution in [-0.4, -0.2) is 39.5 Å². The van der Waals surface area contributed by atoms with Crippen LogP contribution in [0.15, 0.2) is 16.8 Å². The predicted molar refractivity (Wildman–Crippen MR) is 76.3 cm³/mol. The van der Waals surface area contributed by atoms with E-state index in [1.54, 1.807) is 18.4 Å². The van der Waals surface area contributed by atoms with Crippen LogP contribution >= 0.6 is 11.3 Å². The third-order valence-electron chi connectivity index (χ3n) is 3.26. The van der Waals surface area contributed by atoms with Gasteiger partial charge in [-0.05, 0) is 41.1 Å². The van der Waals surface area contributed by atoms with Gasteiger partial charge in [0, 0.05) is 26.7 Å². The van der Waals surface area contributed by atoms with Crippen LogP contribution in [0.1, 0.15) is 18.4 Å². The summed E-state index contributed by atoms with van der Waals surface area (Å²) in [4.78, 5) is 0. The molecule has 19 heavy (non-hydrogen) atoms. The normalized spacial score (nSPS) is 21.6. The highest BCUT2D eigenvalue weighted by Gasteiger charge is 2.28. The number of nitrogens with one attached hydrogen (secondary N) is 1. The van der Waals surface area contributed by atoms with Crippen LogP contribution < -0.4 is 4.72 Å². The number of hydrogen-bond donors (Lipinski definition) is 1. The Balaban J connectivity index is 1.91. The SMILES string of the molecule is COCC1CCCN(S(=O)(=O)NCc2ccsc2)C1. The lowest BCUT2D eigenvalue weighted by atomic mass is 10.0. The standard InChI is InChI=1S/C12H20N2O3S2/c1-17-9-12-3-2-5-14(8-12)19(15,16)13-7-11-4-6-18-10-11/h4,6,10,12-13H,2-3,5,7-9H2,1H3. The van der Waals surface area contributed by atoms with Gasteiger partial charge in [0.05, 0.1) is 6.61 Å². The molecule has 1 aliphatic heterocycles. The topological polar surface area (TPSA) is 58.6 Å². The Bertz CT molecular complexity index is 471. The molecule has 7 heteroatoms. The molecule has 1 atom stereocenters. The maximum Gasteiger partial charge on any atom is 0.279 e. The molecule has 5 nitrogen and oxygen atoms in total. The first-order chi connectivity index (χ1) is 9.12. The van der Waals surface area contributed by atoms with Crippen molar-refractivity contribution >= 4 is 21.5 Å². The first-order valence-corrected chi connectivity index (χ1v) is 8.75. The number of hydrogen-bond acceptors (Lipinski definition) is 4. The molecular weight excluding hydrogens is 284 g/mol. The van der Waals surface area contributed by atoms with Gasteiger partial charge in [-0.3, -0.25) is 0 Å². The number of rotatable bonds is 6. The summed E-state index contributed by atoms with van der Waals surface area (Å²) < 4.78 is 33.7. The number of piperidine rings is 1. The smallest absolute Gasteiger partial charge is 0.279 e. The maximum absolute atomic E-state index is 12.2. The van der Waals surface area contributed by atoms with Crippen molar-refractivity contribution in [3.8, 4) is 0 Å². The second-order valence-corrected chi connectivity index (χ2v) is 7.31. The summed E-state index contributed by atoms with van der Waals surface area (Å²) in [5, 5.41) is 3.89. The summed E-state index contributed by atoms with van der Waals surface area (Å²) in [7, 11) is -1.72. The van der Waals surface area contributed by atoms with Crippen LogP contribution in [0.4, 0.5) is 0 Å². The van der Waals surface area contributed by atoms with E-state index < -0.39 is 10.2 Å². The van der Waals surface area contributed by atoms with Gasteiger partial charge in [0.25, 0.3) is 10.2 Å². The van der Waals surface area contributed by atoms with Crippen LogP contribution in [0.2, 0.25) is 0 Å². The minimum absolute atomic E-state index is 0.302. The monoisotopic (exact) mass is 304 g/mol. The lowest BCUT2D eigenvalue weighted by molar-refractivity contribution is 0.118. The van der Waals surface area contributed by atoms with Crippen molar-refractivity contribution in [3.63, 3.8) is 0 Å². The second kappa shape index (κ2) is 6.81.